The predicted octanol–water partition coefficient (Wildman–Crippen LogP) is 1.69. The largest absolute Gasteiger partial charge is 0.389 e. The van der Waals surface area contributed by atoms with Crippen LogP contribution in [0.5, 0.6) is 0 Å². The fourth-order valence-electron chi connectivity index (χ4n) is 1.59. The molecule has 2 N–H and O–H groups in total. The third-order valence-electron chi connectivity index (χ3n) is 2.40. The smallest absolute Gasteiger partial charge is 0.261 e. The summed E-state index contributed by atoms with van der Waals surface area (Å²) in [5, 5.41) is 0. The Kier molecular flexibility index (Phi) is 3.88. The van der Waals surface area contributed by atoms with Crippen molar-refractivity contribution in [2.75, 3.05) is 0 Å². The predicted molar refractivity (Wildman–Crippen MR) is 77.6 cm³/mol. The fraction of sp³-hybridized carbons (Fsp3) is 0.0833. The Hall–Kier alpha value is -1.53. The highest BCUT2D eigenvalue weighted by molar-refractivity contribution is 9.10. The van der Waals surface area contributed by atoms with Gasteiger partial charge in [0.25, 0.3) is 5.56 Å². The maximum atomic E-state index is 12.1. The molecule has 2 heterocycles. The van der Waals surface area contributed by atoms with Crippen LogP contribution in [0, 0.1) is 0 Å². The van der Waals surface area contributed by atoms with E-state index in [0.717, 1.165) is 10.0 Å². The number of thiocarbonyl (C=S) groups is 1. The van der Waals surface area contributed by atoms with Gasteiger partial charge >= 0.3 is 0 Å². The Labute approximate surface area is 118 Å². The molecule has 2 rings (SSSR count). The highest BCUT2D eigenvalue weighted by atomic mass is 79.9. The van der Waals surface area contributed by atoms with Crippen molar-refractivity contribution in [3.8, 4) is 0 Å². The number of pyridine rings is 2. The number of nitrogens with zero attached hydrogens (tertiary/aromatic N) is 2. The number of hydrogen-bond acceptors (Lipinski definition) is 3. The fourth-order valence-corrected chi connectivity index (χ4v) is 2.16. The molecule has 0 aliphatic rings. The van der Waals surface area contributed by atoms with Gasteiger partial charge in [-0.1, -0.05) is 12.2 Å². The van der Waals surface area contributed by atoms with E-state index in [1.165, 1.54) is 0 Å². The highest BCUT2D eigenvalue weighted by Crippen LogP contribution is 2.10. The van der Waals surface area contributed by atoms with Crippen molar-refractivity contribution in [2.45, 2.75) is 6.54 Å². The van der Waals surface area contributed by atoms with Crippen LogP contribution < -0.4 is 11.3 Å². The molecule has 0 bridgehead atoms. The summed E-state index contributed by atoms with van der Waals surface area (Å²) in [6, 6.07) is 5.29. The van der Waals surface area contributed by atoms with Crippen molar-refractivity contribution in [3.05, 3.63) is 62.7 Å². The molecule has 0 atom stereocenters. The summed E-state index contributed by atoms with van der Waals surface area (Å²) in [4.78, 5) is 16.2. The van der Waals surface area contributed by atoms with Crippen molar-refractivity contribution in [1.82, 2.24) is 9.55 Å². The molecule has 0 saturated heterocycles. The maximum absolute atomic E-state index is 12.1. The number of halogens is 1. The van der Waals surface area contributed by atoms with E-state index in [-0.39, 0.29) is 10.5 Å². The van der Waals surface area contributed by atoms with Crippen LogP contribution in [-0.2, 0) is 6.54 Å². The maximum Gasteiger partial charge on any atom is 0.261 e. The molecule has 0 spiro atoms. The second-order valence-electron chi connectivity index (χ2n) is 3.73. The lowest BCUT2D eigenvalue weighted by Gasteiger charge is -2.07. The molecule has 0 amide bonds. The minimum atomic E-state index is -0.190. The Morgan fingerprint density at radius 1 is 1.50 bits per heavy atom. The second kappa shape index (κ2) is 5.41. The first-order valence-electron chi connectivity index (χ1n) is 5.16. The number of aromatic nitrogens is 2. The van der Waals surface area contributed by atoms with Crippen LogP contribution in [0.4, 0.5) is 0 Å². The molecule has 0 aliphatic heterocycles. The molecule has 2 aromatic heterocycles. The van der Waals surface area contributed by atoms with E-state index in [9.17, 15) is 4.79 Å². The molecule has 18 heavy (non-hydrogen) atoms. The first-order chi connectivity index (χ1) is 8.58. The van der Waals surface area contributed by atoms with Crippen LogP contribution >= 0.6 is 28.1 Å². The first kappa shape index (κ1) is 12.9. The summed E-state index contributed by atoms with van der Waals surface area (Å²) in [5.74, 6) is 0. The second-order valence-corrected chi connectivity index (χ2v) is 5.09. The summed E-state index contributed by atoms with van der Waals surface area (Å²) < 4.78 is 2.43. The lowest BCUT2D eigenvalue weighted by Crippen LogP contribution is -2.28. The van der Waals surface area contributed by atoms with Gasteiger partial charge in [-0.25, -0.2) is 0 Å². The van der Waals surface area contributed by atoms with Gasteiger partial charge in [0.2, 0.25) is 0 Å². The van der Waals surface area contributed by atoms with E-state index in [4.69, 9.17) is 18.0 Å². The van der Waals surface area contributed by atoms with Gasteiger partial charge in [-0.3, -0.25) is 9.78 Å². The van der Waals surface area contributed by atoms with Gasteiger partial charge in [-0.2, -0.15) is 0 Å². The molecular weight excluding hydrogens is 314 g/mol. The summed E-state index contributed by atoms with van der Waals surface area (Å²) in [6.07, 6.45) is 5.10. The van der Waals surface area contributed by atoms with Gasteiger partial charge in [0.1, 0.15) is 4.99 Å². The molecule has 0 saturated carbocycles. The summed E-state index contributed by atoms with van der Waals surface area (Å²) in [6.45, 7) is 0.432. The monoisotopic (exact) mass is 323 g/mol. The van der Waals surface area contributed by atoms with E-state index < -0.39 is 0 Å². The standard InChI is InChI=1S/C12H10BrN3OS/c13-9-4-8(5-15-6-9)7-16-3-1-2-10(11(14)18)12(16)17/h1-6H,7H2,(H2,14,18). The average molecular weight is 324 g/mol. The van der Waals surface area contributed by atoms with Crippen molar-refractivity contribution in [3.63, 3.8) is 0 Å². The molecule has 92 valence electrons. The van der Waals surface area contributed by atoms with Gasteiger partial charge in [0.05, 0.1) is 12.1 Å². The molecule has 4 nitrogen and oxygen atoms in total. The summed E-state index contributed by atoms with van der Waals surface area (Å²) in [7, 11) is 0. The van der Waals surface area contributed by atoms with Crippen LogP contribution in [-0.4, -0.2) is 14.5 Å². The quantitative estimate of drug-likeness (QED) is 0.873. The third kappa shape index (κ3) is 2.83. The van der Waals surface area contributed by atoms with Crippen molar-refractivity contribution < 1.29 is 0 Å². The third-order valence-corrected chi connectivity index (χ3v) is 3.05. The Morgan fingerprint density at radius 3 is 2.94 bits per heavy atom. The Morgan fingerprint density at radius 2 is 2.28 bits per heavy atom. The zero-order valence-corrected chi connectivity index (χ0v) is 11.7. The topological polar surface area (TPSA) is 60.9 Å². The van der Waals surface area contributed by atoms with E-state index in [0.29, 0.717) is 12.1 Å². The molecule has 2 aromatic rings. The summed E-state index contributed by atoms with van der Waals surface area (Å²) >= 11 is 8.18. The Bertz CT molecular complexity index is 654. The minimum absolute atomic E-state index is 0.113. The molecule has 6 heteroatoms. The van der Waals surface area contributed by atoms with Gasteiger partial charge in [-0.05, 0) is 39.7 Å². The molecule has 0 radical (unpaired) electrons. The van der Waals surface area contributed by atoms with Crippen molar-refractivity contribution in [2.24, 2.45) is 5.73 Å². The van der Waals surface area contributed by atoms with E-state index in [1.807, 2.05) is 6.07 Å². The highest BCUT2D eigenvalue weighted by Gasteiger charge is 2.06. The van der Waals surface area contributed by atoms with Gasteiger partial charge in [0.15, 0.2) is 0 Å². The molecule has 0 fully saturated rings. The number of nitrogens with two attached hydrogens (primary N) is 1. The number of hydrogen-bond donors (Lipinski definition) is 1. The summed E-state index contributed by atoms with van der Waals surface area (Å²) in [5.41, 5.74) is 6.59. The van der Waals surface area contributed by atoms with Crippen LogP contribution in [0.1, 0.15) is 11.1 Å². The van der Waals surface area contributed by atoms with Crippen LogP contribution in [0.15, 0.2) is 46.1 Å². The van der Waals surface area contributed by atoms with Gasteiger partial charge in [-0.15, -0.1) is 0 Å². The normalized spacial score (nSPS) is 10.3. The van der Waals surface area contributed by atoms with Crippen LogP contribution in [0.2, 0.25) is 0 Å². The van der Waals surface area contributed by atoms with Crippen molar-refractivity contribution >= 4 is 33.1 Å². The van der Waals surface area contributed by atoms with E-state index >= 15 is 0 Å². The zero-order valence-electron chi connectivity index (χ0n) is 9.34. The van der Waals surface area contributed by atoms with Crippen LogP contribution in [0.25, 0.3) is 0 Å². The number of rotatable bonds is 3. The average Bonchev–Trinajstić information content (AvgIpc) is 2.31. The first-order valence-corrected chi connectivity index (χ1v) is 6.37. The zero-order chi connectivity index (χ0) is 13.1. The van der Waals surface area contributed by atoms with Crippen molar-refractivity contribution in [1.29, 1.82) is 0 Å². The van der Waals surface area contributed by atoms with E-state index in [2.05, 4.69) is 20.9 Å². The molecule has 0 aliphatic carbocycles. The van der Waals surface area contributed by atoms with Crippen LogP contribution in [0.3, 0.4) is 0 Å². The van der Waals surface area contributed by atoms with Gasteiger partial charge in [0, 0.05) is 23.1 Å². The molecule has 0 aromatic carbocycles. The molecular formula is C12H10BrN3OS. The lowest BCUT2D eigenvalue weighted by molar-refractivity contribution is 0.754. The SMILES string of the molecule is NC(=S)c1cccn(Cc2cncc(Br)c2)c1=O. The lowest BCUT2D eigenvalue weighted by atomic mass is 10.2. The van der Waals surface area contributed by atoms with Gasteiger partial charge < -0.3 is 10.3 Å². The minimum Gasteiger partial charge on any atom is -0.389 e. The molecule has 0 unspecified atom stereocenters. The Balaban J connectivity index is 2.38. The van der Waals surface area contributed by atoms with E-state index in [1.54, 1.807) is 35.3 Å².